The second-order valence-corrected chi connectivity index (χ2v) is 7.00. The molecular weight excluding hydrogens is 206 g/mol. The predicted octanol–water partition coefficient (Wildman–Crippen LogP) is 0.644. The van der Waals surface area contributed by atoms with Gasteiger partial charge in [-0.15, -0.1) is 0 Å². The SMILES string of the molecule is CCCCS[C@@H]1CS(=O)(=O)C[C@H]1N. The highest BCUT2D eigenvalue weighted by atomic mass is 32.2. The predicted molar refractivity (Wildman–Crippen MR) is 57.8 cm³/mol. The maximum absolute atomic E-state index is 11.2. The number of sulfone groups is 1. The lowest BCUT2D eigenvalue weighted by atomic mass is 10.3. The van der Waals surface area contributed by atoms with E-state index in [4.69, 9.17) is 5.73 Å². The first kappa shape index (κ1) is 11.3. The summed E-state index contributed by atoms with van der Waals surface area (Å²) in [5.41, 5.74) is 5.74. The summed E-state index contributed by atoms with van der Waals surface area (Å²) in [6.07, 6.45) is 2.30. The van der Waals surface area contributed by atoms with Crippen molar-refractivity contribution in [2.75, 3.05) is 17.3 Å². The normalized spacial score (nSPS) is 32.2. The van der Waals surface area contributed by atoms with Crippen LogP contribution in [0.15, 0.2) is 0 Å². The Balaban J connectivity index is 2.36. The van der Waals surface area contributed by atoms with Gasteiger partial charge in [-0.25, -0.2) is 8.42 Å². The third-order valence-corrected chi connectivity index (χ3v) is 5.61. The van der Waals surface area contributed by atoms with Crippen LogP contribution in [0.2, 0.25) is 0 Å². The van der Waals surface area contributed by atoms with Gasteiger partial charge in [-0.05, 0) is 12.2 Å². The summed E-state index contributed by atoms with van der Waals surface area (Å²) in [6, 6.07) is -0.146. The minimum absolute atomic E-state index is 0.136. The molecule has 0 amide bonds. The first-order valence-corrected chi connectivity index (χ1v) is 7.50. The summed E-state index contributed by atoms with van der Waals surface area (Å²) in [6.45, 7) is 2.13. The summed E-state index contributed by atoms with van der Waals surface area (Å²) in [7, 11) is -2.83. The Morgan fingerprint density at radius 2 is 2.15 bits per heavy atom. The van der Waals surface area contributed by atoms with Gasteiger partial charge in [-0.1, -0.05) is 13.3 Å². The third kappa shape index (κ3) is 3.48. The molecule has 1 saturated heterocycles. The van der Waals surface area contributed by atoms with E-state index in [9.17, 15) is 8.42 Å². The molecular formula is C8H17NO2S2. The maximum Gasteiger partial charge on any atom is 0.153 e. The molecule has 0 aromatic heterocycles. The van der Waals surface area contributed by atoms with Crippen LogP contribution >= 0.6 is 11.8 Å². The maximum atomic E-state index is 11.2. The van der Waals surface area contributed by atoms with Crippen LogP contribution in [0.5, 0.6) is 0 Å². The summed E-state index contributed by atoms with van der Waals surface area (Å²) in [5.74, 6) is 1.49. The van der Waals surface area contributed by atoms with Gasteiger partial charge in [0.1, 0.15) is 0 Å². The molecule has 0 spiro atoms. The van der Waals surface area contributed by atoms with Crippen molar-refractivity contribution in [3.63, 3.8) is 0 Å². The Labute approximate surface area is 84.4 Å². The van der Waals surface area contributed by atoms with E-state index >= 15 is 0 Å². The fraction of sp³-hybridized carbons (Fsp3) is 1.00. The Bertz CT molecular complexity index is 251. The van der Waals surface area contributed by atoms with Gasteiger partial charge >= 0.3 is 0 Å². The topological polar surface area (TPSA) is 60.2 Å². The van der Waals surface area contributed by atoms with Crippen molar-refractivity contribution >= 4 is 21.6 Å². The molecule has 1 aliphatic heterocycles. The molecule has 1 aliphatic rings. The highest BCUT2D eigenvalue weighted by Gasteiger charge is 2.35. The van der Waals surface area contributed by atoms with Crippen molar-refractivity contribution in [1.82, 2.24) is 0 Å². The molecule has 1 fully saturated rings. The molecule has 0 aromatic carbocycles. The van der Waals surface area contributed by atoms with E-state index in [0.29, 0.717) is 0 Å². The van der Waals surface area contributed by atoms with Crippen molar-refractivity contribution in [2.45, 2.75) is 31.1 Å². The quantitative estimate of drug-likeness (QED) is 0.711. The zero-order valence-electron chi connectivity index (χ0n) is 7.90. The first-order valence-electron chi connectivity index (χ1n) is 4.63. The molecule has 0 aliphatic carbocycles. The first-order chi connectivity index (χ1) is 6.05. The van der Waals surface area contributed by atoms with Crippen LogP contribution < -0.4 is 5.73 Å². The zero-order chi connectivity index (χ0) is 9.90. The Hall–Kier alpha value is 0.260. The van der Waals surface area contributed by atoms with Gasteiger partial charge in [0.15, 0.2) is 9.84 Å². The average molecular weight is 223 g/mol. The summed E-state index contributed by atoms with van der Waals surface area (Å²) >= 11 is 1.71. The van der Waals surface area contributed by atoms with Crippen LogP contribution in [0.1, 0.15) is 19.8 Å². The fourth-order valence-electron chi connectivity index (χ4n) is 1.39. The van der Waals surface area contributed by atoms with Crippen LogP contribution in [-0.2, 0) is 9.84 Å². The van der Waals surface area contributed by atoms with E-state index < -0.39 is 9.84 Å². The largest absolute Gasteiger partial charge is 0.326 e. The minimum atomic E-state index is -2.83. The van der Waals surface area contributed by atoms with Crippen molar-refractivity contribution in [2.24, 2.45) is 5.73 Å². The lowest BCUT2D eigenvalue weighted by Crippen LogP contribution is -2.30. The second kappa shape index (κ2) is 4.66. The van der Waals surface area contributed by atoms with E-state index in [-0.39, 0.29) is 22.8 Å². The molecule has 2 atom stereocenters. The number of nitrogens with two attached hydrogens (primary N) is 1. The lowest BCUT2D eigenvalue weighted by Gasteiger charge is -2.11. The molecule has 5 heteroatoms. The Morgan fingerprint density at radius 1 is 1.46 bits per heavy atom. The van der Waals surface area contributed by atoms with Crippen molar-refractivity contribution in [3.8, 4) is 0 Å². The van der Waals surface area contributed by atoms with Crippen LogP contribution in [0.4, 0.5) is 0 Å². The van der Waals surface area contributed by atoms with E-state index in [1.165, 1.54) is 0 Å². The number of thioether (sulfide) groups is 1. The van der Waals surface area contributed by atoms with Crippen LogP contribution in [0.3, 0.4) is 0 Å². The molecule has 1 heterocycles. The average Bonchev–Trinajstić information content (AvgIpc) is 2.25. The van der Waals surface area contributed by atoms with Gasteiger partial charge in [0.25, 0.3) is 0 Å². The van der Waals surface area contributed by atoms with Crippen molar-refractivity contribution < 1.29 is 8.42 Å². The smallest absolute Gasteiger partial charge is 0.153 e. The molecule has 0 unspecified atom stereocenters. The van der Waals surface area contributed by atoms with E-state index in [1.807, 2.05) is 0 Å². The van der Waals surface area contributed by atoms with Crippen LogP contribution in [0, 0.1) is 0 Å². The molecule has 13 heavy (non-hydrogen) atoms. The molecule has 0 bridgehead atoms. The van der Waals surface area contributed by atoms with Gasteiger partial charge in [0, 0.05) is 11.3 Å². The molecule has 0 saturated carbocycles. The molecule has 2 N–H and O–H groups in total. The minimum Gasteiger partial charge on any atom is -0.326 e. The highest BCUT2D eigenvalue weighted by Crippen LogP contribution is 2.24. The standard InChI is InChI=1S/C8H17NO2S2/c1-2-3-4-12-8-6-13(10,11)5-7(8)9/h7-8H,2-6,9H2,1H3/t7-,8-/m1/s1. The fourth-order valence-corrected chi connectivity index (χ4v) is 5.33. The van der Waals surface area contributed by atoms with Gasteiger partial charge in [0.2, 0.25) is 0 Å². The molecule has 3 nitrogen and oxygen atoms in total. The summed E-state index contributed by atoms with van der Waals surface area (Å²) in [4.78, 5) is 0. The molecule has 78 valence electrons. The van der Waals surface area contributed by atoms with Crippen LogP contribution in [-0.4, -0.2) is 37.0 Å². The molecule has 0 radical (unpaired) electrons. The number of unbranched alkanes of at least 4 members (excludes halogenated alkanes) is 1. The summed E-state index contributed by atoms with van der Waals surface area (Å²) < 4.78 is 22.4. The monoisotopic (exact) mass is 223 g/mol. The van der Waals surface area contributed by atoms with Crippen LogP contribution in [0.25, 0.3) is 0 Å². The third-order valence-electron chi connectivity index (χ3n) is 2.17. The van der Waals surface area contributed by atoms with E-state index in [0.717, 1.165) is 18.6 Å². The second-order valence-electron chi connectivity index (χ2n) is 3.50. The van der Waals surface area contributed by atoms with Crippen molar-refractivity contribution in [1.29, 1.82) is 0 Å². The summed E-state index contributed by atoms with van der Waals surface area (Å²) in [5, 5.41) is 0.136. The van der Waals surface area contributed by atoms with Gasteiger partial charge in [-0.2, -0.15) is 11.8 Å². The molecule has 0 aromatic rings. The van der Waals surface area contributed by atoms with E-state index in [2.05, 4.69) is 6.92 Å². The zero-order valence-corrected chi connectivity index (χ0v) is 9.53. The number of hydrogen-bond donors (Lipinski definition) is 1. The number of hydrogen-bond acceptors (Lipinski definition) is 4. The van der Waals surface area contributed by atoms with Gasteiger partial charge < -0.3 is 5.73 Å². The Kier molecular flexibility index (Phi) is 4.06. The molecule has 1 rings (SSSR count). The highest BCUT2D eigenvalue weighted by molar-refractivity contribution is 8.01. The Morgan fingerprint density at radius 3 is 2.62 bits per heavy atom. The lowest BCUT2D eigenvalue weighted by molar-refractivity contribution is 0.601. The van der Waals surface area contributed by atoms with E-state index in [1.54, 1.807) is 11.8 Å². The van der Waals surface area contributed by atoms with Gasteiger partial charge in [-0.3, -0.25) is 0 Å². The van der Waals surface area contributed by atoms with Crippen molar-refractivity contribution in [3.05, 3.63) is 0 Å². The van der Waals surface area contributed by atoms with Gasteiger partial charge in [0.05, 0.1) is 11.5 Å². The number of rotatable bonds is 4.